The molecule has 0 aliphatic carbocycles. The van der Waals surface area contributed by atoms with Crippen LogP contribution in [-0.4, -0.2) is 35.6 Å². The number of halogens is 4. The Balaban J connectivity index is 2.03. The molecule has 5 nitrogen and oxygen atoms in total. The molecule has 0 radical (unpaired) electrons. The molecule has 0 N–H and O–H groups in total. The zero-order valence-corrected chi connectivity index (χ0v) is 17.2. The first-order valence-corrected chi connectivity index (χ1v) is 9.31. The highest BCUT2D eigenvalue weighted by Crippen LogP contribution is 2.38. The zero-order chi connectivity index (χ0) is 23.2. The van der Waals surface area contributed by atoms with Gasteiger partial charge in [-0.15, -0.1) is 0 Å². The van der Waals surface area contributed by atoms with Crippen molar-refractivity contribution >= 4 is 17.6 Å². The zero-order valence-electron chi connectivity index (χ0n) is 17.2. The predicted octanol–water partition coefficient (Wildman–Crippen LogP) is 4.54. The Kier molecular flexibility index (Phi) is 5.64. The molecule has 9 heteroatoms. The van der Waals surface area contributed by atoms with E-state index in [4.69, 9.17) is 4.74 Å². The van der Waals surface area contributed by atoms with E-state index in [2.05, 4.69) is 0 Å². The molecular formula is C22H19F4NO4. The summed E-state index contributed by atoms with van der Waals surface area (Å²) in [6.07, 6.45) is -0.366. The molecule has 0 bridgehead atoms. The van der Waals surface area contributed by atoms with Crippen LogP contribution in [0.15, 0.2) is 24.3 Å². The van der Waals surface area contributed by atoms with Crippen molar-refractivity contribution in [2.45, 2.75) is 33.2 Å². The van der Waals surface area contributed by atoms with Gasteiger partial charge in [0.05, 0.1) is 24.3 Å². The summed E-state index contributed by atoms with van der Waals surface area (Å²) in [5.41, 5.74) is -2.99. The highest BCUT2D eigenvalue weighted by molar-refractivity contribution is 6.22. The van der Waals surface area contributed by atoms with Crippen LogP contribution in [0.1, 0.15) is 58.3 Å². The van der Waals surface area contributed by atoms with E-state index in [1.54, 1.807) is 32.9 Å². The van der Waals surface area contributed by atoms with Crippen molar-refractivity contribution in [3.8, 4) is 5.75 Å². The monoisotopic (exact) mass is 437 g/mol. The van der Waals surface area contributed by atoms with Crippen molar-refractivity contribution in [1.82, 2.24) is 4.90 Å². The minimum absolute atomic E-state index is 0.265. The van der Waals surface area contributed by atoms with Crippen LogP contribution in [0.5, 0.6) is 5.75 Å². The summed E-state index contributed by atoms with van der Waals surface area (Å²) in [6.45, 7) is 4.86. The molecule has 164 valence electrons. The van der Waals surface area contributed by atoms with Gasteiger partial charge in [-0.3, -0.25) is 19.3 Å². The molecule has 0 saturated carbocycles. The smallest absolute Gasteiger partial charge is 0.265 e. The number of hydrogen-bond acceptors (Lipinski definition) is 4. The lowest BCUT2D eigenvalue weighted by atomic mass is 9.81. The summed E-state index contributed by atoms with van der Waals surface area (Å²) in [5.74, 6) is -10.8. The normalized spacial score (nSPS) is 14.6. The number of amides is 2. The molecule has 0 unspecified atom stereocenters. The van der Waals surface area contributed by atoms with Crippen LogP contribution in [0.3, 0.4) is 0 Å². The van der Waals surface area contributed by atoms with Gasteiger partial charge >= 0.3 is 0 Å². The minimum Gasteiger partial charge on any atom is -0.497 e. The molecule has 1 heterocycles. The van der Waals surface area contributed by atoms with E-state index in [0.29, 0.717) is 10.6 Å². The fourth-order valence-electron chi connectivity index (χ4n) is 3.50. The fraction of sp³-hybridized carbons (Fsp3) is 0.318. The molecule has 2 aromatic carbocycles. The average molecular weight is 437 g/mol. The standard InChI is InChI=1S/C22H19F4NO4/c1-22(2,3)13(9-12(28)10-5-7-11(31-4)8-6-10)27-20(29)14-15(21(27)30)17(24)19(26)18(25)16(14)23/h5-8,13H,9H2,1-4H3/t13-/m1/s1. The Labute approximate surface area is 175 Å². The lowest BCUT2D eigenvalue weighted by Gasteiger charge is -2.36. The average Bonchev–Trinajstić information content (AvgIpc) is 2.98. The summed E-state index contributed by atoms with van der Waals surface area (Å²) in [6, 6.07) is 4.95. The topological polar surface area (TPSA) is 63.7 Å². The quantitative estimate of drug-likeness (QED) is 0.227. The Bertz CT molecular complexity index is 1040. The second-order valence-electron chi connectivity index (χ2n) is 8.22. The number of ketones is 1. The van der Waals surface area contributed by atoms with Crippen molar-refractivity contribution in [3.05, 3.63) is 64.2 Å². The largest absolute Gasteiger partial charge is 0.497 e. The SMILES string of the molecule is COc1ccc(C(=O)C[C@@H](N2C(=O)c3c(F)c(F)c(F)c(F)c3C2=O)C(C)(C)C)cc1. The Morgan fingerprint density at radius 1 is 0.903 bits per heavy atom. The highest BCUT2D eigenvalue weighted by atomic mass is 19.2. The maximum Gasteiger partial charge on any atom is 0.265 e. The van der Waals surface area contributed by atoms with Crippen molar-refractivity contribution in [2.24, 2.45) is 5.41 Å². The second-order valence-corrected chi connectivity index (χ2v) is 8.22. The third-order valence-corrected chi connectivity index (χ3v) is 5.23. The lowest BCUT2D eigenvalue weighted by molar-refractivity contribution is 0.0435. The number of carbonyl (C=O) groups excluding carboxylic acids is 3. The summed E-state index contributed by atoms with van der Waals surface area (Å²) in [4.78, 5) is 39.0. The van der Waals surface area contributed by atoms with Gasteiger partial charge in [0, 0.05) is 12.0 Å². The van der Waals surface area contributed by atoms with E-state index in [1.807, 2.05) is 0 Å². The molecule has 3 rings (SSSR count). The van der Waals surface area contributed by atoms with Crippen LogP contribution in [0, 0.1) is 28.7 Å². The molecule has 0 fully saturated rings. The molecule has 0 aromatic heterocycles. The van der Waals surface area contributed by atoms with Gasteiger partial charge in [-0.1, -0.05) is 20.8 Å². The summed E-state index contributed by atoms with van der Waals surface area (Å²) in [7, 11) is 1.46. The van der Waals surface area contributed by atoms with Crippen LogP contribution >= 0.6 is 0 Å². The molecule has 1 aliphatic heterocycles. The number of Topliss-reactive ketones (excluding diaryl/α,β-unsaturated/α-hetero) is 1. The van der Waals surface area contributed by atoms with E-state index >= 15 is 0 Å². The molecule has 31 heavy (non-hydrogen) atoms. The molecule has 1 aliphatic rings. The first-order valence-electron chi connectivity index (χ1n) is 9.31. The van der Waals surface area contributed by atoms with E-state index in [9.17, 15) is 31.9 Å². The van der Waals surface area contributed by atoms with E-state index in [0.717, 1.165) is 0 Å². The molecule has 0 spiro atoms. The number of carbonyl (C=O) groups is 3. The third-order valence-electron chi connectivity index (χ3n) is 5.23. The first-order chi connectivity index (χ1) is 14.4. The lowest BCUT2D eigenvalue weighted by Crippen LogP contribution is -2.48. The Morgan fingerprint density at radius 2 is 1.35 bits per heavy atom. The molecule has 0 saturated heterocycles. The third kappa shape index (κ3) is 3.68. The predicted molar refractivity (Wildman–Crippen MR) is 102 cm³/mol. The maximum atomic E-state index is 14.2. The van der Waals surface area contributed by atoms with Gasteiger partial charge in [0.25, 0.3) is 11.8 Å². The summed E-state index contributed by atoms with van der Waals surface area (Å²) >= 11 is 0. The fourth-order valence-corrected chi connectivity index (χ4v) is 3.50. The minimum atomic E-state index is -2.18. The molecule has 2 aromatic rings. The van der Waals surface area contributed by atoms with Gasteiger partial charge < -0.3 is 4.74 Å². The number of methoxy groups -OCH3 is 1. The van der Waals surface area contributed by atoms with Crippen LogP contribution < -0.4 is 4.74 Å². The van der Waals surface area contributed by atoms with Crippen LogP contribution in [0.25, 0.3) is 0 Å². The van der Waals surface area contributed by atoms with Crippen molar-refractivity contribution in [1.29, 1.82) is 0 Å². The first kappa shape index (κ1) is 22.5. The van der Waals surface area contributed by atoms with E-state index in [-0.39, 0.29) is 12.0 Å². The van der Waals surface area contributed by atoms with E-state index in [1.165, 1.54) is 19.2 Å². The molecule has 1 atom stereocenters. The second kappa shape index (κ2) is 7.79. The van der Waals surface area contributed by atoms with Crippen molar-refractivity contribution in [2.75, 3.05) is 7.11 Å². The van der Waals surface area contributed by atoms with Gasteiger partial charge in [0.1, 0.15) is 5.75 Å². The number of hydrogen-bond donors (Lipinski definition) is 0. The number of nitrogens with zero attached hydrogens (tertiary/aromatic N) is 1. The highest BCUT2D eigenvalue weighted by Gasteiger charge is 2.49. The van der Waals surface area contributed by atoms with Crippen LogP contribution in [-0.2, 0) is 0 Å². The van der Waals surface area contributed by atoms with Gasteiger partial charge in [0.15, 0.2) is 29.1 Å². The molecular weight excluding hydrogens is 418 g/mol. The Morgan fingerprint density at radius 3 is 1.74 bits per heavy atom. The van der Waals surface area contributed by atoms with E-state index < -0.39 is 63.5 Å². The van der Waals surface area contributed by atoms with Crippen LogP contribution in [0.2, 0.25) is 0 Å². The number of rotatable bonds is 5. The summed E-state index contributed by atoms with van der Waals surface area (Å²) in [5, 5.41) is 0. The van der Waals surface area contributed by atoms with Gasteiger partial charge in [0.2, 0.25) is 0 Å². The van der Waals surface area contributed by atoms with Gasteiger partial charge in [-0.05, 0) is 29.7 Å². The number of fused-ring (bicyclic) bond motifs is 1. The van der Waals surface area contributed by atoms with Gasteiger partial charge in [-0.2, -0.15) is 0 Å². The van der Waals surface area contributed by atoms with Crippen molar-refractivity contribution < 1.29 is 36.7 Å². The maximum absolute atomic E-state index is 14.2. The number of ether oxygens (including phenoxy) is 1. The number of imide groups is 1. The van der Waals surface area contributed by atoms with Gasteiger partial charge in [-0.25, -0.2) is 17.6 Å². The van der Waals surface area contributed by atoms with Crippen LogP contribution in [0.4, 0.5) is 17.6 Å². The van der Waals surface area contributed by atoms with Crippen molar-refractivity contribution in [3.63, 3.8) is 0 Å². The molecule has 2 amide bonds. The Hall–Kier alpha value is -3.23. The summed E-state index contributed by atoms with van der Waals surface area (Å²) < 4.78 is 60.8. The number of benzene rings is 2.